The fourth-order valence-electron chi connectivity index (χ4n) is 3.09. The molecule has 0 aromatic heterocycles. The van der Waals surface area contributed by atoms with Crippen molar-refractivity contribution in [2.75, 3.05) is 32.8 Å². The molecule has 1 fully saturated rings. The van der Waals surface area contributed by atoms with Crippen LogP contribution in [0.1, 0.15) is 33.1 Å². The van der Waals surface area contributed by atoms with Crippen molar-refractivity contribution < 1.29 is 9.53 Å². The van der Waals surface area contributed by atoms with E-state index in [0.717, 1.165) is 44.0 Å². The Hall–Kier alpha value is -2.17. The fraction of sp³-hybridized carbons (Fsp3) is 0.381. The smallest absolute Gasteiger partial charge is 0.251 e. The maximum Gasteiger partial charge on any atom is 0.251 e. The average molecular weight is 338 g/mol. The van der Waals surface area contributed by atoms with Gasteiger partial charge >= 0.3 is 0 Å². The van der Waals surface area contributed by atoms with Crippen LogP contribution in [0, 0.1) is 13.8 Å². The zero-order valence-electron chi connectivity index (χ0n) is 15.0. The molecule has 132 valence electrons. The van der Waals surface area contributed by atoms with Crippen LogP contribution < -0.4 is 5.32 Å². The van der Waals surface area contributed by atoms with Gasteiger partial charge in [0, 0.05) is 25.2 Å². The lowest BCUT2D eigenvalue weighted by atomic mass is 10.0. The summed E-state index contributed by atoms with van der Waals surface area (Å²) in [6, 6.07) is 16.0. The summed E-state index contributed by atoms with van der Waals surface area (Å²) < 4.78 is 5.43. The predicted molar refractivity (Wildman–Crippen MR) is 99.8 cm³/mol. The zero-order chi connectivity index (χ0) is 17.6. The summed E-state index contributed by atoms with van der Waals surface area (Å²) in [6.07, 6.45) is 0. The first-order valence-corrected chi connectivity index (χ1v) is 8.86. The number of aryl methyl sites for hydroxylation is 2. The summed E-state index contributed by atoms with van der Waals surface area (Å²) in [4.78, 5) is 15.1. The molecule has 3 rings (SSSR count). The summed E-state index contributed by atoms with van der Waals surface area (Å²) >= 11 is 0. The van der Waals surface area contributed by atoms with Gasteiger partial charge in [-0.05, 0) is 42.7 Å². The largest absolute Gasteiger partial charge is 0.379 e. The molecule has 0 bridgehead atoms. The number of nitrogens with zero attached hydrogens (tertiary/aromatic N) is 1. The highest BCUT2D eigenvalue weighted by molar-refractivity contribution is 5.94. The van der Waals surface area contributed by atoms with E-state index >= 15 is 0 Å². The second-order valence-corrected chi connectivity index (χ2v) is 6.65. The lowest BCUT2D eigenvalue weighted by Crippen LogP contribution is -2.43. The second kappa shape index (κ2) is 8.28. The van der Waals surface area contributed by atoms with Crippen molar-refractivity contribution in [3.8, 4) is 0 Å². The standard InChI is InChI=1S/C21H26N2O2/c1-16-8-9-19(14-17(16)2)21(24)22-20(18-6-4-3-5-7-18)15-23-10-12-25-13-11-23/h3-9,14,20H,10-13,15H2,1-2H3,(H,22,24). The number of carbonyl (C=O) groups excluding carboxylic acids is 1. The van der Waals surface area contributed by atoms with Crippen molar-refractivity contribution in [3.63, 3.8) is 0 Å². The number of morpholine rings is 1. The summed E-state index contributed by atoms with van der Waals surface area (Å²) in [5.41, 5.74) is 4.18. The van der Waals surface area contributed by atoms with Crippen LogP contribution in [0.3, 0.4) is 0 Å². The average Bonchev–Trinajstić information content (AvgIpc) is 2.65. The van der Waals surface area contributed by atoms with Gasteiger partial charge in [-0.1, -0.05) is 36.4 Å². The third kappa shape index (κ3) is 4.68. The summed E-state index contributed by atoms with van der Waals surface area (Å²) in [7, 11) is 0. The van der Waals surface area contributed by atoms with E-state index in [4.69, 9.17) is 4.74 Å². The highest BCUT2D eigenvalue weighted by atomic mass is 16.5. The molecule has 0 saturated carbocycles. The minimum Gasteiger partial charge on any atom is -0.379 e. The number of hydrogen-bond acceptors (Lipinski definition) is 3. The van der Waals surface area contributed by atoms with E-state index in [2.05, 4.69) is 29.3 Å². The van der Waals surface area contributed by atoms with Crippen LogP contribution in [0.4, 0.5) is 0 Å². The Morgan fingerprint density at radius 2 is 1.80 bits per heavy atom. The molecular weight excluding hydrogens is 312 g/mol. The Bertz CT molecular complexity index is 709. The van der Waals surface area contributed by atoms with Gasteiger partial charge in [0.15, 0.2) is 0 Å². The first kappa shape index (κ1) is 17.6. The van der Waals surface area contributed by atoms with Gasteiger partial charge in [-0.2, -0.15) is 0 Å². The van der Waals surface area contributed by atoms with Gasteiger partial charge in [-0.25, -0.2) is 0 Å². The molecule has 1 aliphatic rings. The minimum absolute atomic E-state index is 0.0230. The van der Waals surface area contributed by atoms with Gasteiger partial charge in [0.2, 0.25) is 0 Å². The first-order valence-electron chi connectivity index (χ1n) is 8.86. The van der Waals surface area contributed by atoms with Crippen LogP contribution in [0.25, 0.3) is 0 Å². The molecule has 1 amide bonds. The van der Waals surface area contributed by atoms with Crippen molar-refractivity contribution >= 4 is 5.91 Å². The van der Waals surface area contributed by atoms with Crippen LogP contribution in [-0.2, 0) is 4.74 Å². The van der Waals surface area contributed by atoms with Crippen molar-refractivity contribution in [1.82, 2.24) is 10.2 Å². The molecular formula is C21H26N2O2. The van der Waals surface area contributed by atoms with E-state index in [1.807, 2.05) is 43.3 Å². The van der Waals surface area contributed by atoms with Gasteiger partial charge in [0.25, 0.3) is 5.91 Å². The molecule has 1 N–H and O–H groups in total. The first-order chi connectivity index (χ1) is 12.1. The molecule has 0 radical (unpaired) electrons. The lowest BCUT2D eigenvalue weighted by Gasteiger charge is -2.31. The van der Waals surface area contributed by atoms with E-state index < -0.39 is 0 Å². The summed E-state index contributed by atoms with van der Waals surface area (Å²) in [5, 5.41) is 3.22. The molecule has 1 saturated heterocycles. The van der Waals surface area contributed by atoms with Gasteiger partial charge in [0.1, 0.15) is 0 Å². The second-order valence-electron chi connectivity index (χ2n) is 6.65. The Morgan fingerprint density at radius 1 is 1.08 bits per heavy atom. The van der Waals surface area contributed by atoms with Crippen LogP contribution in [-0.4, -0.2) is 43.7 Å². The van der Waals surface area contributed by atoms with Crippen molar-refractivity contribution in [3.05, 3.63) is 70.8 Å². The molecule has 1 atom stereocenters. The third-order valence-electron chi connectivity index (χ3n) is 4.82. The lowest BCUT2D eigenvalue weighted by molar-refractivity contribution is 0.0332. The normalized spacial score (nSPS) is 16.4. The number of ether oxygens (including phenoxy) is 1. The molecule has 4 heteroatoms. The number of amides is 1. The highest BCUT2D eigenvalue weighted by Crippen LogP contribution is 2.17. The van der Waals surface area contributed by atoms with Gasteiger partial charge in [-0.3, -0.25) is 9.69 Å². The fourth-order valence-corrected chi connectivity index (χ4v) is 3.09. The van der Waals surface area contributed by atoms with Crippen molar-refractivity contribution in [2.45, 2.75) is 19.9 Å². The van der Waals surface area contributed by atoms with Crippen LogP contribution >= 0.6 is 0 Å². The molecule has 4 nitrogen and oxygen atoms in total. The van der Waals surface area contributed by atoms with Crippen molar-refractivity contribution in [2.24, 2.45) is 0 Å². The van der Waals surface area contributed by atoms with Gasteiger partial charge < -0.3 is 10.1 Å². The summed E-state index contributed by atoms with van der Waals surface area (Å²) in [5.74, 6) is -0.0230. The Morgan fingerprint density at radius 3 is 2.48 bits per heavy atom. The number of nitrogens with one attached hydrogen (secondary N) is 1. The number of benzene rings is 2. The molecule has 25 heavy (non-hydrogen) atoms. The predicted octanol–water partition coefficient (Wildman–Crippen LogP) is 3.11. The van der Waals surface area contributed by atoms with E-state index in [0.29, 0.717) is 5.56 Å². The van der Waals surface area contributed by atoms with Gasteiger partial charge in [-0.15, -0.1) is 0 Å². The number of carbonyl (C=O) groups is 1. The molecule has 0 aliphatic carbocycles. The van der Waals surface area contributed by atoms with Crippen LogP contribution in [0.5, 0.6) is 0 Å². The number of rotatable bonds is 5. The maximum absolute atomic E-state index is 12.8. The summed E-state index contributed by atoms with van der Waals surface area (Å²) in [6.45, 7) is 8.21. The molecule has 0 spiro atoms. The van der Waals surface area contributed by atoms with Crippen molar-refractivity contribution in [1.29, 1.82) is 0 Å². The Labute approximate surface area is 149 Å². The third-order valence-corrected chi connectivity index (χ3v) is 4.82. The molecule has 1 heterocycles. The van der Waals surface area contributed by atoms with E-state index in [-0.39, 0.29) is 11.9 Å². The molecule has 2 aromatic carbocycles. The molecule has 1 aliphatic heterocycles. The quantitative estimate of drug-likeness (QED) is 0.911. The van der Waals surface area contributed by atoms with E-state index in [9.17, 15) is 4.79 Å². The van der Waals surface area contributed by atoms with E-state index in [1.165, 1.54) is 5.56 Å². The van der Waals surface area contributed by atoms with Crippen LogP contribution in [0.2, 0.25) is 0 Å². The van der Waals surface area contributed by atoms with Crippen LogP contribution in [0.15, 0.2) is 48.5 Å². The highest BCUT2D eigenvalue weighted by Gasteiger charge is 2.20. The molecule has 1 unspecified atom stereocenters. The number of hydrogen-bond donors (Lipinski definition) is 1. The maximum atomic E-state index is 12.8. The monoisotopic (exact) mass is 338 g/mol. The zero-order valence-corrected chi connectivity index (χ0v) is 15.0. The topological polar surface area (TPSA) is 41.6 Å². The SMILES string of the molecule is Cc1ccc(C(=O)NC(CN2CCOCC2)c2ccccc2)cc1C. The van der Waals surface area contributed by atoms with Gasteiger partial charge in [0.05, 0.1) is 19.3 Å². The molecule has 2 aromatic rings. The Kier molecular flexibility index (Phi) is 5.84. The van der Waals surface area contributed by atoms with E-state index in [1.54, 1.807) is 0 Å². The minimum atomic E-state index is -0.0339. The Balaban J connectivity index is 1.76.